The van der Waals surface area contributed by atoms with E-state index in [-0.39, 0.29) is 23.8 Å². The van der Waals surface area contributed by atoms with Gasteiger partial charge in [0, 0.05) is 26.1 Å². The number of hydrogen-bond donors (Lipinski definition) is 1. The van der Waals surface area contributed by atoms with Crippen molar-refractivity contribution in [2.24, 2.45) is 11.8 Å². The number of ether oxygens (including phenoxy) is 1. The summed E-state index contributed by atoms with van der Waals surface area (Å²) >= 11 is 0. The van der Waals surface area contributed by atoms with Crippen LogP contribution in [0.2, 0.25) is 0 Å². The van der Waals surface area contributed by atoms with Gasteiger partial charge in [-0.15, -0.1) is 0 Å². The molecule has 0 spiro atoms. The van der Waals surface area contributed by atoms with Crippen LogP contribution in [0.4, 0.5) is 0 Å². The molecule has 1 aliphatic carbocycles. The lowest BCUT2D eigenvalue weighted by molar-refractivity contribution is -0.141. The summed E-state index contributed by atoms with van der Waals surface area (Å²) in [7, 11) is 1.79. The van der Waals surface area contributed by atoms with Gasteiger partial charge >= 0.3 is 5.97 Å². The molecule has 0 radical (unpaired) electrons. The van der Waals surface area contributed by atoms with E-state index >= 15 is 0 Å². The molecule has 1 aliphatic heterocycles. The summed E-state index contributed by atoms with van der Waals surface area (Å²) in [4.78, 5) is 24.8. The monoisotopic (exact) mass is 255 g/mol. The van der Waals surface area contributed by atoms with Crippen LogP contribution < -0.4 is 0 Å². The van der Waals surface area contributed by atoms with E-state index in [9.17, 15) is 9.59 Å². The van der Waals surface area contributed by atoms with Gasteiger partial charge in [-0.2, -0.15) is 0 Å². The summed E-state index contributed by atoms with van der Waals surface area (Å²) in [5, 5.41) is 8.94. The number of hydrogen-bond acceptors (Lipinski definition) is 3. The molecular weight excluding hydrogens is 234 g/mol. The van der Waals surface area contributed by atoms with Crippen molar-refractivity contribution < 1.29 is 19.4 Å². The standard InChI is InChI=1S/C13H21NO4/c1-14(8-11-3-2-6-18-11)12(15)9-4-5-10(7-9)13(16)17/h9-11H,2-8H2,1H3,(H,16,17)/t9-,10+,11?/m1/s1. The molecule has 2 rings (SSSR count). The van der Waals surface area contributed by atoms with Crippen molar-refractivity contribution in [3.8, 4) is 0 Å². The van der Waals surface area contributed by atoms with Crippen LogP contribution in [0.3, 0.4) is 0 Å². The molecule has 102 valence electrons. The van der Waals surface area contributed by atoms with Crippen LogP contribution in [-0.2, 0) is 14.3 Å². The normalized spacial score (nSPS) is 31.5. The number of amides is 1. The van der Waals surface area contributed by atoms with Gasteiger partial charge in [-0.3, -0.25) is 9.59 Å². The van der Waals surface area contributed by atoms with E-state index in [4.69, 9.17) is 9.84 Å². The second-order valence-electron chi connectivity index (χ2n) is 5.40. The summed E-state index contributed by atoms with van der Waals surface area (Å²) in [6, 6.07) is 0. The third-order valence-corrected chi connectivity index (χ3v) is 4.01. The minimum Gasteiger partial charge on any atom is -0.481 e. The molecule has 1 saturated carbocycles. The lowest BCUT2D eigenvalue weighted by atomic mass is 10.0. The van der Waals surface area contributed by atoms with Gasteiger partial charge in [0.05, 0.1) is 12.0 Å². The zero-order valence-electron chi connectivity index (χ0n) is 10.8. The molecule has 1 heterocycles. The molecule has 1 unspecified atom stereocenters. The van der Waals surface area contributed by atoms with Crippen molar-refractivity contribution in [1.82, 2.24) is 4.90 Å². The molecular formula is C13H21NO4. The first-order chi connectivity index (χ1) is 8.58. The Balaban J connectivity index is 1.81. The topological polar surface area (TPSA) is 66.8 Å². The lowest BCUT2D eigenvalue weighted by Gasteiger charge is -2.23. The number of carbonyl (C=O) groups excluding carboxylic acids is 1. The predicted molar refractivity (Wildman–Crippen MR) is 65.1 cm³/mol. The van der Waals surface area contributed by atoms with E-state index in [1.165, 1.54) is 0 Å². The van der Waals surface area contributed by atoms with Gasteiger partial charge in [0.25, 0.3) is 0 Å². The molecule has 18 heavy (non-hydrogen) atoms. The average Bonchev–Trinajstić information content (AvgIpc) is 2.98. The second-order valence-corrected chi connectivity index (χ2v) is 5.40. The van der Waals surface area contributed by atoms with Crippen LogP contribution in [0, 0.1) is 11.8 Å². The van der Waals surface area contributed by atoms with Crippen molar-refractivity contribution in [2.75, 3.05) is 20.2 Å². The van der Waals surface area contributed by atoms with E-state index in [0.29, 0.717) is 25.8 Å². The molecule has 5 heteroatoms. The van der Waals surface area contributed by atoms with Gasteiger partial charge in [0.2, 0.25) is 5.91 Å². The van der Waals surface area contributed by atoms with Gasteiger partial charge in [-0.05, 0) is 32.1 Å². The number of likely N-dealkylation sites (N-methyl/N-ethyl adjacent to an activating group) is 1. The Labute approximate surface area is 107 Å². The number of carboxylic acids is 1. The maximum absolute atomic E-state index is 12.2. The van der Waals surface area contributed by atoms with Gasteiger partial charge in [0.15, 0.2) is 0 Å². The summed E-state index contributed by atoms with van der Waals surface area (Å²) < 4.78 is 5.51. The maximum atomic E-state index is 12.2. The Hall–Kier alpha value is -1.10. The van der Waals surface area contributed by atoms with E-state index in [1.807, 2.05) is 0 Å². The Morgan fingerprint density at radius 3 is 2.56 bits per heavy atom. The van der Waals surface area contributed by atoms with E-state index < -0.39 is 5.97 Å². The number of carboxylic acid groups (broad SMARTS) is 1. The van der Waals surface area contributed by atoms with Crippen LogP contribution in [0.25, 0.3) is 0 Å². The number of carbonyl (C=O) groups is 2. The molecule has 3 atom stereocenters. The van der Waals surface area contributed by atoms with Crippen molar-refractivity contribution >= 4 is 11.9 Å². The van der Waals surface area contributed by atoms with Crippen LogP contribution in [-0.4, -0.2) is 48.2 Å². The Morgan fingerprint density at radius 2 is 2.00 bits per heavy atom. The highest BCUT2D eigenvalue weighted by molar-refractivity contribution is 5.80. The summed E-state index contributed by atoms with van der Waals surface area (Å²) in [5.41, 5.74) is 0. The lowest BCUT2D eigenvalue weighted by Crippen LogP contribution is -2.37. The van der Waals surface area contributed by atoms with Crippen molar-refractivity contribution in [3.05, 3.63) is 0 Å². The Bertz CT molecular complexity index is 325. The van der Waals surface area contributed by atoms with Gasteiger partial charge in [-0.1, -0.05) is 0 Å². The first-order valence-corrected chi connectivity index (χ1v) is 6.67. The zero-order chi connectivity index (χ0) is 13.1. The Morgan fingerprint density at radius 1 is 1.28 bits per heavy atom. The fourth-order valence-electron chi connectivity index (χ4n) is 2.93. The van der Waals surface area contributed by atoms with Gasteiger partial charge in [0.1, 0.15) is 0 Å². The SMILES string of the molecule is CN(CC1CCCO1)C(=O)[C@@H]1CC[C@H](C(=O)O)C1. The van der Waals surface area contributed by atoms with Crippen LogP contribution in [0.1, 0.15) is 32.1 Å². The van der Waals surface area contributed by atoms with Crippen LogP contribution in [0.5, 0.6) is 0 Å². The minimum absolute atomic E-state index is 0.0780. The summed E-state index contributed by atoms with van der Waals surface area (Å²) in [6.07, 6.45) is 4.06. The number of rotatable bonds is 4. The van der Waals surface area contributed by atoms with Gasteiger partial charge < -0.3 is 14.7 Å². The van der Waals surface area contributed by atoms with Crippen molar-refractivity contribution in [1.29, 1.82) is 0 Å². The highest BCUT2D eigenvalue weighted by Crippen LogP contribution is 2.32. The van der Waals surface area contributed by atoms with Crippen molar-refractivity contribution in [2.45, 2.75) is 38.2 Å². The largest absolute Gasteiger partial charge is 0.481 e. The van der Waals surface area contributed by atoms with Gasteiger partial charge in [-0.25, -0.2) is 0 Å². The zero-order valence-corrected chi connectivity index (χ0v) is 10.8. The molecule has 1 saturated heterocycles. The van der Waals surface area contributed by atoms with E-state index in [0.717, 1.165) is 19.4 Å². The number of nitrogens with zero attached hydrogens (tertiary/aromatic N) is 1. The quantitative estimate of drug-likeness (QED) is 0.817. The number of aliphatic carboxylic acids is 1. The van der Waals surface area contributed by atoms with E-state index in [2.05, 4.69) is 0 Å². The third-order valence-electron chi connectivity index (χ3n) is 4.01. The molecule has 1 amide bonds. The van der Waals surface area contributed by atoms with E-state index in [1.54, 1.807) is 11.9 Å². The fraction of sp³-hybridized carbons (Fsp3) is 0.846. The highest BCUT2D eigenvalue weighted by Gasteiger charge is 2.35. The second kappa shape index (κ2) is 5.69. The molecule has 2 aliphatic rings. The molecule has 0 aromatic carbocycles. The van der Waals surface area contributed by atoms with Crippen LogP contribution >= 0.6 is 0 Å². The minimum atomic E-state index is -0.771. The predicted octanol–water partition coefficient (Wildman–Crippen LogP) is 1.12. The highest BCUT2D eigenvalue weighted by atomic mass is 16.5. The average molecular weight is 255 g/mol. The molecule has 0 bridgehead atoms. The smallest absolute Gasteiger partial charge is 0.306 e. The molecule has 2 fully saturated rings. The first kappa shape index (κ1) is 13.3. The maximum Gasteiger partial charge on any atom is 0.306 e. The Kier molecular flexibility index (Phi) is 4.22. The first-order valence-electron chi connectivity index (χ1n) is 6.67. The molecule has 5 nitrogen and oxygen atoms in total. The van der Waals surface area contributed by atoms with Crippen molar-refractivity contribution in [3.63, 3.8) is 0 Å². The summed E-state index contributed by atoms with van der Waals surface area (Å²) in [5.74, 6) is -1.14. The molecule has 0 aromatic rings. The molecule has 0 aromatic heterocycles. The third kappa shape index (κ3) is 3.02. The fourth-order valence-corrected chi connectivity index (χ4v) is 2.93. The van der Waals surface area contributed by atoms with Crippen LogP contribution in [0.15, 0.2) is 0 Å². The summed E-state index contributed by atoms with van der Waals surface area (Å²) in [6.45, 7) is 1.42. The molecule has 1 N–H and O–H groups in total.